The average molecular weight is 635 g/mol. The minimum Gasteiger partial charge on any atom is -0.372 e. The summed E-state index contributed by atoms with van der Waals surface area (Å²) in [5, 5.41) is 2.30. The van der Waals surface area contributed by atoms with E-state index in [1.807, 2.05) is 19.9 Å². The largest absolute Gasteiger partial charge is 0.372 e. The maximum absolute atomic E-state index is 15.9. The maximum Gasteiger partial charge on any atom is 0.341 e. The molecular weight excluding hydrogens is 609 g/mol. The monoisotopic (exact) mass is 634 g/mol. The van der Waals surface area contributed by atoms with Gasteiger partial charge in [-0.2, -0.15) is 8.78 Å². The lowest BCUT2D eigenvalue weighted by atomic mass is 10.0. The minimum absolute atomic E-state index is 0.000567. The Morgan fingerprint density at radius 2 is 1.84 bits per heavy atom. The van der Waals surface area contributed by atoms with Gasteiger partial charge in [0.1, 0.15) is 11.6 Å². The van der Waals surface area contributed by atoms with Gasteiger partial charge in [-0.1, -0.05) is 17.7 Å². The van der Waals surface area contributed by atoms with Crippen molar-refractivity contribution in [1.82, 2.24) is 15.3 Å². The molecular formula is C29H26ClF3N4O5S. The van der Waals surface area contributed by atoms with E-state index >= 15 is 4.39 Å². The average Bonchev–Trinajstić information content (AvgIpc) is 2.95. The number of sulfone groups is 1. The number of H-pyrrole nitrogens is 1. The number of aromatic nitrogens is 2. The Morgan fingerprint density at radius 3 is 2.53 bits per heavy atom. The highest BCUT2D eigenvalue weighted by atomic mass is 35.5. The number of hydrogen-bond acceptors (Lipinski definition) is 7. The zero-order valence-electron chi connectivity index (χ0n) is 22.9. The Morgan fingerprint density at radius 1 is 1.12 bits per heavy atom. The summed E-state index contributed by atoms with van der Waals surface area (Å²) in [4.78, 5) is 34.0. The van der Waals surface area contributed by atoms with E-state index < -0.39 is 37.8 Å². The van der Waals surface area contributed by atoms with E-state index in [-0.39, 0.29) is 51.4 Å². The number of hydrogen-bond donors (Lipinski definition) is 2. The molecule has 4 aromatic rings. The SMILES string of the molecule is C[C@@H]1CN(c2cccc(-c3ccc4c(=O)[nH]c(CNC(=O)c5cc(Cl)cc(S(=O)(=O)C(F)F)c5)cc4c3F)n2)C[C@H](C)O1. The molecule has 1 aliphatic rings. The number of morpholine rings is 1. The van der Waals surface area contributed by atoms with Crippen LogP contribution in [-0.2, 0) is 21.1 Å². The first-order valence-corrected chi connectivity index (χ1v) is 15.1. The fourth-order valence-electron chi connectivity index (χ4n) is 5.00. The number of fused-ring (bicyclic) bond motifs is 1. The van der Waals surface area contributed by atoms with E-state index in [9.17, 15) is 26.8 Å². The highest BCUT2D eigenvalue weighted by Gasteiger charge is 2.28. The Hall–Kier alpha value is -3.94. The van der Waals surface area contributed by atoms with E-state index in [0.717, 1.165) is 18.2 Å². The van der Waals surface area contributed by atoms with E-state index in [4.69, 9.17) is 16.3 Å². The molecule has 2 atom stereocenters. The van der Waals surface area contributed by atoms with Crippen molar-refractivity contribution in [3.8, 4) is 11.3 Å². The van der Waals surface area contributed by atoms with E-state index in [2.05, 4.69) is 20.2 Å². The molecule has 2 aromatic heterocycles. The zero-order chi connectivity index (χ0) is 31.1. The van der Waals surface area contributed by atoms with Gasteiger partial charge in [0.05, 0.1) is 29.3 Å². The Bertz CT molecular complexity index is 1880. The molecule has 5 rings (SSSR count). The van der Waals surface area contributed by atoms with Gasteiger partial charge >= 0.3 is 5.76 Å². The molecule has 1 aliphatic heterocycles. The number of nitrogens with zero attached hydrogens (tertiary/aromatic N) is 2. The van der Waals surface area contributed by atoms with Gasteiger partial charge in [-0.15, -0.1) is 0 Å². The van der Waals surface area contributed by atoms with Crippen LogP contribution in [0.4, 0.5) is 19.0 Å². The summed E-state index contributed by atoms with van der Waals surface area (Å²) in [5.41, 5.74) is -0.204. The van der Waals surface area contributed by atoms with Crippen molar-refractivity contribution in [1.29, 1.82) is 0 Å². The first-order valence-electron chi connectivity index (χ1n) is 13.2. The van der Waals surface area contributed by atoms with Crippen LogP contribution in [0.1, 0.15) is 29.9 Å². The van der Waals surface area contributed by atoms with Crippen molar-refractivity contribution < 1.29 is 31.1 Å². The number of pyridine rings is 2. The number of ether oxygens (including phenoxy) is 1. The van der Waals surface area contributed by atoms with Crippen LogP contribution >= 0.6 is 11.6 Å². The summed E-state index contributed by atoms with van der Waals surface area (Å²) < 4.78 is 71.4. The molecule has 1 amide bonds. The molecule has 2 N–H and O–H groups in total. The third-order valence-corrected chi connectivity index (χ3v) is 8.49. The van der Waals surface area contributed by atoms with Crippen molar-refractivity contribution in [2.45, 2.75) is 43.3 Å². The molecule has 0 unspecified atom stereocenters. The summed E-state index contributed by atoms with van der Waals surface area (Å²) in [6, 6.07) is 12.3. The molecule has 2 aromatic carbocycles. The molecule has 1 saturated heterocycles. The molecule has 0 spiro atoms. The van der Waals surface area contributed by atoms with Crippen molar-refractivity contribution in [3.05, 3.63) is 87.0 Å². The van der Waals surface area contributed by atoms with E-state index in [0.29, 0.717) is 24.6 Å². The number of alkyl halides is 2. The second kappa shape index (κ2) is 12.0. The third kappa shape index (κ3) is 6.38. The lowest BCUT2D eigenvalue weighted by molar-refractivity contribution is -0.00545. The summed E-state index contributed by atoms with van der Waals surface area (Å²) in [6.07, 6.45) is 0.00714. The standard InChI is InChI=1S/C29H26ClF3N4O5S/c1-15-13-37(14-16(2)42-15)25-5-3-4-24(36-25)22-7-6-21-23(26(22)31)11-19(35-28(21)39)12-34-27(38)17-8-18(30)10-20(9-17)43(40,41)29(32)33/h3-11,15-16,29H,12-14H2,1-2H3,(H,34,38)(H,35,39)/t15-,16+. The van der Waals surface area contributed by atoms with Crippen LogP contribution in [0.5, 0.6) is 0 Å². The highest BCUT2D eigenvalue weighted by Crippen LogP contribution is 2.29. The number of aromatic amines is 1. The van der Waals surface area contributed by atoms with Crippen LogP contribution in [0.15, 0.2) is 64.3 Å². The molecule has 43 heavy (non-hydrogen) atoms. The first-order chi connectivity index (χ1) is 20.3. The second-order valence-corrected chi connectivity index (χ2v) is 12.6. The second-order valence-electron chi connectivity index (χ2n) is 10.2. The molecule has 0 bridgehead atoms. The molecule has 14 heteroatoms. The zero-order valence-corrected chi connectivity index (χ0v) is 24.5. The summed E-state index contributed by atoms with van der Waals surface area (Å²) in [6.45, 7) is 4.90. The van der Waals surface area contributed by atoms with Gasteiger partial charge in [0.15, 0.2) is 0 Å². The number of benzene rings is 2. The quantitative estimate of drug-likeness (QED) is 0.296. The molecule has 3 heterocycles. The Labute approximate surface area is 249 Å². The molecule has 0 aliphatic carbocycles. The van der Waals surface area contributed by atoms with Crippen molar-refractivity contribution >= 4 is 43.9 Å². The van der Waals surface area contributed by atoms with Gasteiger partial charge in [-0.05, 0) is 62.4 Å². The third-order valence-electron chi connectivity index (χ3n) is 6.91. The van der Waals surface area contributed by atoms with Crippen LogP contribution in [0.3, 0.4) is 0 Å². The number of rotatable bonds is 7. The number of carbonyl (C=O) groups is 1. The molecule has 226 valence electrons. The fraction of sp³-hybridized carbons (Fsp3) is 0.276. The van der Waals surface area contributed by atoms with Crippen LogP contribution in [0.2, 0.25) is 5.02 Å². The first kappa shape index (κ1) is 30.5. The van der Waals surface area contributed by atoms with Crippen LogP contribution < -0.4 is 15.8 Å². The van der Waals surface area contributed by atoms with Crippen molar-refractivity contribution in [2.75, 3.05) is 18.0 Å². The van der Waals surface area contributed by atoms with Gasteiger partial charge in [0, 0.05) is 45.7 Å². The summed E-state index contributed by atoms with van der Waals surface area (Å²) >= 11 is 5.87. The van der Waals surface area contributed by atoms with Gasteiger partial charge in [-0.25, -0.2) is 17.8 Å². The summed E-state index contributed by atoms with van der Waals surface area (Å²) in [5.74, 6) is -4.56. The number of carbonyl (C=O) groups excluding carboxylic acids is 1. The van der Waals surface area contributed by atoms with Gasteiger partial charge in [0.25, 0.3) is 11.5 Å². The Balaban J connectivity index is 1.42. The van der Waals surface area contributed by atoms with E-state index in [1.165, 1.54) is 18.2 Å². The normalized spacial score (nSPS) is 17.4. The van der Waals surface area contributed by atoms with Crippen molar-refractivity contribution in [3.63, 3.8) is 0 Å². The topological polar surface area (TPSA) is 121 Å². The number of amides is 1. The van der Waals surface area contributed by atoms with Crippen LogP contribution in [-0.4, -0.2) is 55.3 Å². The van der Waals surface area contributed by atoms with Crippen LogP contribution in [0.25, 0.3) is 22.0 Å². The minimum atomic E-state index is -5.00. The number of halogens is 4. The smallest absolute Gasteiger partial charge is 0.341 e. The lowest BCUT2D eigenvalue weighted by Crippen LogP contribution is -2.45. The summed E-state index contributed by atoms with van der Waals surface area (Å²) in [7, 11) is -5.00. The van der Waals surface area contributed by atoms with Crippen molar-refractivity contribution in [2.24, 2.45) is 0 Å². The molecule has 9 nitrogen and oxygen atoms in total. The molecule has 1 fully saturated rings. The fourth-order valence-corrected chi connectivity index (χ4v) is 6.09. The van der Waals surface area contributed by atoms with Gasteiger partial charge in [-0.3, -0.25) is 9.59 Å². The van der Waals surface area contributed by atoms with E-state index in [1.54, 1.807) is 12.1 Å². The predicted octanol–water partition coefficient (Wildman–Crippen LogP) is 4.92. The predicted molar refractivity (Wildman–Crippen MR) is 156 cm³/mol. The Kier molecular flexibility index (Phi) is 8.50. The van der Waals surface area contributed by atoms with Gasteiger partial charge in [0.2, 0.25) is 9.84 Å². The number of anilines is 1. The molecule has 0 saturated carbocycles. The molecule has 0 radical (unpaired) electrons. The lowest BCUT2D eigenvalue weighted by Gasteiger charge is -2.36. The maximum atomic E-state index is 15.9. The highest BCUT2D eigenvalue weighted by molar-refractivity contribution is 7.91. The number of nitrogens with one attached hydrogen (secondary N) is 2. The van der Waals surface area contributed by atoms with Gasteiger partial charge < -0.3 is 19.9 Å². The van der Waals surface area contributed by atoms with Crippen LogP contribution in [0, 0.1) is 5.82 Å².